The van der Waals surface area contributed by atoms with E-state index in [0.717, 1.165) is 11.8 Å². The van der Waals surface area contributed by atoms with Gasteiger partial charge in [-0.15, -0.1) is 0 Å². The molecule has 2 saturated carbocycles. The predicted molar refractivity (Wildman–Crippen MR) is 98.2 cm³/mol. The maximum absolute atomic E-state index is 5.20. The molecule has 1 aromatic carbocycles. The van der Waals surface area contributed by atoms with Crippen molar-refractivity contribution >= 4 is 17.1 Å². The fraction of sp³-hybridized carbons (Fsp3) is 0.571. The first kappa shape index (κ1) is 15.0. The Morgan fingerprint density at radius 3 is 2.65 bits per heavy atom. The maximum Gasteiger partial charge on any atom is 0.0611 e. The van der Waals surface area contributed by atoms with Gasteiger partial charge in [0.2, 0.25) is 0 Å². The van der Waals surface area contributed by atoms with Crippen LogP contribution in [-0.2, 0) is 7.05 Å². The summed E-state index contributed by atoms with van der Waals surface area (Å²) in [4.78, 5) is 5.20. The number of aromatic nitrogens is 1. The molecule has 122 valence electrons. The average molecular weight is 308 g/mol. The van der Waals surface area contributed by atoms with Gasteiger partial charge < -0.3 is 4.57 Å². The molecule has 2 bridgehead atoms. The first-order chi connectivity index (χ1) is 11.2. The molecular weight excluding hydrogens is 280 g/mol. The number of hydrogen-bond donors (Lipinski definition) is 0. The Morgan fingerprint density at radius 2 is 1.96 bits per heavy atom. The van der Waals surface area contributed by atoms with Crippen molar-refractivity contribution in [1.82, 2.24) is 4.57 Å². The van der Waals surface area contributed by atoms with Crippen molar-refractivity contribution in [3.63, 3.8) is 0 Å². The van der Waals surface area contributed by atoms with Crippen LogP contribution in [0.1, 0.15) is 57.6 Å². The zero-order valence-corrected chi connectivity index (χ0v) is 14.5. The molecule has 2 unspecified atom stereocenters. The summed E-state index contributed by atoms with van der Waals surface area (Å²) in [5, 5.41) is 1.31. The van der Waals surface area contributed by atoms with Crippen molar-refractivity contribution in [3.05, 3.63) is 36.0 Å². The number of hydrogen-bond acceptors (Lipinski definition) is 1. The van der Waals surface area contributed by atoms with E-state index in [0.29, 0.717) is 0 Å². The van der Waals surface area contributed by atoms with Crippen molar-refractivity contribution in [2.24, 2.45) is 23.9 Å². The molecule has 2 atom stereocenters. The van der Waals surface area contributed by atoms with Gasteiger partial charge in [0.15, 0.2) is 0 Å². The molecule has 0 aliphatic heterocycles. The van der Waals surface area contributed by atoms with Crippen molar-refractivity contribution in [1.29, 1.82) is 0 Å². The smallest absolute Gasteiger partial charge is 0.0611 e. The van der Waals surface area contributed by atoms with Crippen LogP contribution in [0.4, 0.5) is 0 Å². The normalized spacial score (nSPS) is 31.0. The first-order valence-corrected chi connectivity index (χ1v) is 9.29. The second kappa shape index (κ2) is 5.81. The van der Waals surface area contributed by atoms with Gasteiger partial charge in [-0.1, -0.05) is 44.4 Å². The molecule has 0 saturated heterocycles. The fourth-order valence-electron chi connectivity index (χ4n) is 5.05. The van der Waals surface area contributed by atoms with E-state index in [-0.39, 0.29) is 5.54 Å². The summed E-state index contributed by atoms with van der Waals surface area (Å²) >= 11 is 0. The van der Waals surface area contributed by atoms with E-state index in [1.807, 2.05) is 0 Å². The van der Waals surface area contributed by atoms with Gasteiger partial charge >= 0.3 is 0 Å². The number of aryl methyl sites for hydroxylation is 1. The standard InChI is InChI=1S/C21H28N2/c1-3-21(13-16-7-6-8-17(11-16)14-21)22-15-19-12-18-9-4-5-10-20(18)23(19)2/h4-5,9-10,12,15-17H,3,6-8,11,13-14H2,1-2H3. The van der Waals surface area contributed by atoms with Crippen LogP contribution in [0.3, 0.4) is 0 Å². The third-order valence-electron chi connectivity index (χ3n) is 6.35. The number of aliphatic imine (C=N–C) groups is 1. The van der Waals surface area contributed by atoms with Crippen molar-refractivity contribution < 1.29 is 0 Å². The molecule has 0 amide bonds. The average Bonchev–Trinajstić information content (AvgIpc) is 2.89. The van der Waals surface area contributed by atoms with E-state index >= 15 is 0 Å². The van der Waals surface area contributed by atoms with Gasteiger partial charge in [0, 0.05) is 24.2 Å². The molecule has 1 heterocycles. The highest BCUT2D eigenvalue weighted by molar-refractivity contribution is 5.90. The molecule has 0 N–H and O–H groups in total. The molecule has 1 aromatic heterocycles. The highest BCUT2D eigenvalue weighted by atomic mass is 15.0. The SMILES string of the molecule is CCC1(N=Cc2cc3ccccc3n2C)CC2CCCC(C2)C1. The van der Waals surface area contributed by atoms with Crippen molar-refractivity contribution in [2.45, 2.75) is 57.4 Å². The molecule has 2 aromatic rings. The Balaban J connectivity index is 1.64. The molecule has 0 spiro atoms. The van der Waals surface area contributed by atoms with E-state index in [4.69, 9.17) is 4.99 Å². The topological polar surface area (TPSA) is 17.3 Å². The number of benzene rings is 1. The van der Waals surface area contributed by atoms with Crippen LogP contribution >= 0.6 is 0 Å². The molecular formula is C21H28N2. The van der Waals surface area contributed by atoms with Gasteiger partial charge in [-0.25, -0.2) is 0 Å². The van der Waals surface area contributed by atoms with Crippen LogP contribution in [0.15, 0.2) is 35.3 Å². The van der Waals surface area contributed by atoms with E-state index < -0.39 is 0 Å². The molecule has 2 nitrogen and oxygen atoms in total. The Bertz CT molecular complexity index is 713. The Morgan fingerprint density at radius 1 is 1.22 bits per heavy atom. The summed E-state index contributed by atoms with van der Waals surface area (Å²) in [6, 6.07) is 10.9. The Kier molecular flexibility index (Phi) is 3.79. The molecule has 23 heavy (non-hydrogen) atoms. The largest absolute Gasteiger partial charge is 0.343 e. The third kappa shape index (κ3) is 2.73. The van der Waals surface area contributed by atoms with Gasteiger partial charge in [0.1, 0.15) is 0 Å². The van der Waals surface area contributed by atoms with Gasteiger partial charge in [-0.2, -0.15) is 0 Å². The monoisotopic (exact) mass is 308 g/mol. The van der Waals surface area contributed by atoms with Crippen LogP contribution in [0.2, 0.25) is 0 Å². The van der Waals surface area contributed by atoms with Crippen LogP contribution in [-0.4, -0.2) is 16.3 Å². The molecule has 4 rings (SSSR count). The highest BCUT2D eigenvalue weighted by Crippen LogP contribution is 2.47. The first-order valence-electron chi connectivity index (χ1n) is 9.29. The van der Waals surface area contributed by atoms with E-state index in [2.05, 4.69) is 55.1 Å². The van der Waals surface area contributed by atoms with Crippen LogP contribution < -0.4 is 0 Å². The third-order valence-corrected chi connectivity index (χ3v) is 6.35. The van der Waals surface area contributed by atoms with E-state index in [9.17, 15) is 0 Å². The van der Waals surface area contributed by atoms with Gasteiger partial charge in [-0.3, -0.25) is 4.99 Å². The Labute approximate surface area is 139 Å². The number of fused-ring (bicyclic) bond motifs is 3. The van der Waals surface area contributed by atoms with E-state index in [1.54, 1.807) is 0 Å². The van der Waals surface area contributed by atoms with Crippen LogP contribution in [0.5, 0.6) is 0 Å². The quantitative estimate of drug-likeness (QED) is 0.680. The minimum absolute atomic E-state index is 0.199. The number of para-hydroxylation sites is 1. The van der Waals surface area contributed by atoms with Gasteiger partial charge in [0.25, 0.3) is 0 Å². The van der Waals surface area contributed by atoms with Gasteiger partial charge in [0.05, 0.1) is 11.2 Å². The Hall–Kier alpha value is -1.57. The summed E-state index contributed by atoms with van der Waals surface area (Å²) in [6.07, 6.45) is 11.7. The van der Waals surface area contributed by atoms with Gasteiger partial charge in [-0.05, 0) is 49.7 Å². The molecule has 0 radical (unpaired) electrons. The lowest BCUT2D eigenvalue weighted by molar-refractivity contribution is 0.113. The molecule has 2 aliphatic rings. The summed E-state index contributed by atoms with van der Waals surface area (Å²) in [7, 11) is 2.15. The predicted octanol–water partition coefficient (Wildman–Crippen LogP) is 5.35. The zero-order valence-electron chi connectivity index (χ0n) is 14.5. The number of rotatable bonds is 3. The molecule has 2 aliphatic carbocycles. The summed E-state index contributed by atoms with van der Waals surface area (Å²) in [5.74, 6) is 1.85. The lowest BCUT2D eigenvalue weighted by atomic mass is 9.64. The molecule has 2 heteroatoms. The van der Waals surface area contributed by atoms with Crippen LogP contribution in [0.25, 0.3) is 10.9 Å². The highest BCUT2D eigenvalue weighted by Gasteiger charge is 2.40. The van der Waals surface area contributed by atoms with Crippen molar-refractivity contribution in [3.8, 4) is 0 Å². The fourth-order valence-corrected chi connectivity index (χ4v) is 5.05. The maximum atomic E-state index is 5.20. The minimum Gasteiger partial charge on any atom is -0.343 e. The second-order valence-corrected chi connectivity index (χ2v) is 7.83. The van der Waals surface area contributed by atoms with Crippen LogP contribution in [0, 0.1) is 11.8 Å². The summed E-state index contributed by atoms with van der Waals surface area (Å²) in [6.45, 7) is 2.33. The van der Waals surface area contributed by atoms with Crippen molar-refractivity contribution in [2.75, 3.05) is 0 Å². The summed E-state index contributed by atoms with van der Waals surface area (Å²) in [5.41, 5.74) is 2.72. The summed E-state index contributed by atoms with van der Waals surface area (Å²) < 4.78 is 2.27. The van der Waals surface area contributed by atoms with E-state index in [1.165, 1.54) is 61.5 Å². The lowest BCUT2D eigenvalue weighted by Crippen LogP contribution is -2.39. The second-order valence-electron chi connectivity index (χ2n) is 7.83. The lowest BCUT2D eigenvalue weighted by Gasteiger charge is -2.45. The minimum atomic E-state index is 0.199. The zero-order chi connectivity index (χ0) is 15.9. The molecule has 2 fully saturated rings. The number of nitrogens with zero attached hydrogens (tertiary/aromatic N) is 2.